The fourth-order valence-corrected chi connectivity index (χ4v) is 1.50. The molecule has 0 aliphatic heterocycles. The molecule has 4 nitrogen and oxygen atoms in total. The number of rotatable bonds is 4. The molecule has 1 aromatic heterocycles. The molecule has 0 unspecified atom stereocenters. The molecule has 0 aromatic carbocycles. The summed E-state index contributed by atoms with van der Waals surface area (Å²) in [4.78, 5) is 17.0. The molecular weight excluding hydrogens is 240 g/mol. The van der Waals surface area contributed by atoms with E-state index in [9.17, 15) is 13.6 Å². The Labute approximate surface area is 105 Å². The van der Waals surface area contributed by atoms with E-state index in [4.69, 9.17) is 5.73 Å². The first kappa shape index (κ1) is 14.3. The molecule has 1 heterocycles. The van der Waals surface area contributed by atoms with Crippen molar-refractivity contribution in [3.63, 3.8) is 0 Å². The number of alkyl halides is 2. The molecule has 18 heavy (non-hydrogen) atoms. The van der Waals surface area contributed by atoms with Gasteiger partial charge in [0.2, 0.25) is 0 Å². The summed E-state index contributed by atoms with van der Waals surface area (Å²) in [5, 5.41) is 0. The van der Waals surface area contributed by atoms with Crippen LogP contribution in [0.1, 0.15) is 35.8 Å². The van der Waals surface area contributed by atoms with Gasteiger partial charge in [0.25, 0.3) is 12.3 Å². The molecule has 0 saturated carbocycles. The largest absolute Gasteiger partial charge is 0.384 e. The summed E-state index contributed by atoms with van der Waals surface area (Å²) in [6, 6.07) is 2.99. The van der Waals surface area contributed by atoms with Crippen molar-refractivity contribution in [2.24, 2.45) is 0 Å². The predicted octanol–water partition coefficient (Wildman–Crippen LogP) is 2.12. The molecule has 100 valence electrons. The van der Waals surface area contributed by atoms with Gasteiger partial charge in [-0.05, 0) is 18.1 Å². The van der Waals surface area contributed by atoms with E-state index in [1.165, 1.54) is 13.1 Å². The van der Waals surface area contributed by atoms with E-state index in [2.05, 4.69) is 4.98 Å². The van der Waals surface area contributed by atoms with Gasteiger partial charge in [-0.3, -0.25) is 4.79 Å². The maximum Gasteiger partial charge on any atom is 0.255 e. The van der Waals surface area contributed by atoms with Crippen molar-refractivity contribution in [2.75, 3.05) is 19.3 Å². The van der Waals surface area contributed by atoms with Crippen molar-refractivity contribution in [1.29, 1.82) is 0 Å². The number of halogens is 2. The number of hydrogen-bond acceptors (Lipinski definition) is 3. The van der Waals surface area contributed by atoms with Gasteiger partial charge in [0.15, 0.2) is 0 Å². The number of hydrogen-bond donors (Lipinski definition) is 1. The topological polar surface area (TPSA) is 59.2 Å². The third kappa shape index (κ3) is 3.65. The van der Waals surface area contributed by atoms with Gasteiger partial charge in [-0.25, -0.2) is 13.8 Å². The van der Waals surface area contributed by atoms with Gasteiger partial charge in [0, 0.05) is 18.3 Å². The van der Waals surface area contributed by atoms with Crippen LogP contribution in [0.25, 0.3) is 0 Å². The molecule has 0 saturated heterocycles. The number of amides is 1. The number of carbonyl (C=O) groups excluding carboxylic acids is 1. The molecule has 0 radical (unpaired) electrons. The molecule has 0 spiro atoms. The Morgan fingerprint density at radius 3 is 2.56 bits per heavy atom. The second-order valence-electron chi connectivity index (χ2n) is 4.44. The number of pyridine rings is 1. The minimum atomic E-state index is -2.55. The second kappa shape index (κ2) is 5.75. The molecule has 0 aliphatic rings. The number of anilines is 1. The summed E-state index contributed by atoms with van der Waals surface area (Å²) in [7, 11) is 1.33. The van der Waals surface area contributed by atoms with Gasteiger partial charge >= 0.3 is 0 Å². The smallest absolute Gasteiger partial charge is 0.255 e. The normalized spacial score (nSPS) is 11.1. The first-order chi connectivity index (χ1) is 8.31. The molecule has 0 aliphatic carbocycles. The average molecular weight is 257 g/mol. The Balaban J connectivity index is 2.98. The zero-order valence-corrected chi connectivity index (χ0v) is 10.7. The highest BCUT2D eigenvalue weighted by Gasteiger charge is 2.17. The molecular formula is C12H17F2N3O. The zero-order chi connectivity index (χ0) is 13.9. The molecule has 2 N–H and O–H groups in total. The summed E-state index contributed by atoms with van der Waals surface area (Å²) in [6.45, 7) is 3.23. The van der Waals surface area contributed by atoms with Crippen molar-refractivity contribution in [1.82, 2.24) is 9.88 Å². The van der Waals surface area contributed by atoms with Gasteiger partial charge in [0.05, 0.1) is 6.54 Å². The third-order valence-corrected chi connectivity index (χ3v) is 2.46. The van der Waals surface area contributed by atoms with Crippen LogP contribution in [0.3, 0.4) is 0 Å². The Morgan fingerprint density at radius 1 is 1.44 bits per heavy atom. The molecule has 0 atom stereocenters. The lowest BCUT2D eigenvalue weighted by Gasteiger charge is -2.17. The quantitative estimate of drug-likeness (QED) is 0.898. The van der Waals surface area contributed by atoms with Crippen LogP contribution in [0.4, 0.5) is 14.6 Å². The Morgan fingerprint density at radius 2 is 2.06 bits per heavy atom. The van der Waals surface area contributed by atoms with Crippen molar-refractivity contribution in [3.8, 4) is 0 Å². The number of nitrogens with two attached hydrogens (primary N) is 1. The number of aromatic nitrogens is 1. The molecule has 0 fully saturated rings. The van der Waals surface area contributed by atoms with Gasteiger partial charge < -0.3 is 10.6 Å². The number of nitrogens with zero attached hydrogens (tertiary/aromatic N) is 2. The molecule has 1 aromatic rings. The van der Waals surface area contributed by atoms with E-state index in [1.54, 1.807) is 6.07 Å². The fourth-order valence-electron chi connectivity index (χ4n) is 1.50. The SMILES string of the molecule is CC(C)c1cc(C(=O)N(C)CC(F)F)cc(N)n1. The predicted molar refractivity (Wildman–Crippen MR) is 65.7 cm³/mol. The summed E-state index contributed by atoms with van der Waals surface area (Å²) >= 11 is 0. The van der Waals surface area contributed by atoms with Crippen LogP contribution in [0, 0.1) is 0 Å². The van der Waals surface area contributed by atoms with E-state index in [0.29, 0.717) is 5.69 Å². The Kier molecular flexibility index (Phi) is 4.58. The summed E-state index contributed by atoms with van der Waals surface area (Å²) < 4.78 is 24.4. The van der Waals surface area contributed by atoms with Crippen molar-refractivity contribution >= 4 is 11.7 Å². The highest BCUT2D eigenvalue weighted by molar-refractivity contribution is 5.94. The van der Waals surface area contributed by atoms with E-state index in [0.717, 1.165) is 4.90 Å². The maximum absolute atomic E-state index is 12.2. The molecule has 1 rings (SSSR count). The third-order valence-electron chi connectivity index (χ3n) is 2.46. The minimum Gasteiger partial charge on any atom is -0.384 e. The molecule has 0 bridgehead atoms. The van der Waals surface area contributed by atoms with E-state index in [-0.39, 0.29) is 17.3 Å². The van der Waals surface area contributed by atoms with Gasteiger partial charge in [-0.1, -0.05) is 13.8 Å². The monoisotopic (exact) mass is 257 g/mol. The van der Waals surface area contributed by atoms with Crippen LogP contribution in [0.15, 0.2) is 12.1 Å². The second-order valence-corrected chi connectivity index (χ2v) is 4.44. The standard InChI is InChI=1S/C12H17F2N3O/c1-7(2)9-4-8(5-11(15)16-9)12(18)17(3)6-10(13)14/h4-5,7,10H,6H2,1-3H3,(H2,15,16). The maximum atomic E-state index is 12.2. The first-order valence-corrected chi connectivity index (χ1v) is 5.62. The first-order valence-electron chi connectivity index (χ1n) is 5.62. The van der Waals surface area contributed by atoms with Crippen molar-refractivity contribution in [3.05, 3.63) is 23.4 Å². The highest BCUT2D eigenvalue weighted by atomic mass is 19.3. The van der Waals surface area contributed by atoms with E-state index < -0.39 is 18.9 Å². The van der Waals surface area contributed by atoms with Crippen LogP contribution in [0.5, 0.6) is 0 Å². The lowest BCUT2D eigenvalue weighted by molar-refractivity contribution is 0.0620. The van der Waals surface area contributed by atoms with Gasteiger partial charge in [-0.2, -0.15) is 0 Å². The van der Waals surface area contributed by atoms with E-state index in [1.807, 2.05) is 13.8 Å². The van der Waals surface area contributed by atoms with Crippen molar-refractivity contribution in [2.45, 2.75) is 26.2 Å². The van der Waals surface area contributed by atoms with Crippen LogP contribution in [-0.2, 0) is 0 Å². The van der Waals surface area contributed by atoms with Crippen LogP contribution < -0.4 is 5.73 Å². The van der Waals surface area contributed by atoms with Crippen LogP contribution in [-0.4, -0.2) is 35.8 Å². The van der Waals surface area contributed by atoms with Crippen LogP contribution in [0.2, 0.25) is 0 Å². The number of carbonyl (C=O) groups is 1. The summed E-state index contributed by atoms with van der Waals surface area (Å²) in [5.74, 6) is -0.151. The molecule has 6 heteroatoms. The number of nitrogen functional groups attached to an aromatic ring is 1. The zero-order valence-electron chi connectivity index (χ0n) is 10.7. The van der Waals surface area contributed by atoms with E-state index >= 15 is 0 Å². The summed E-state index contributed by atoms with van der Waals surface area (Å²) in [6.07, 6.45) is -2.55. The van der Waals surface area contributed by atoms with Gasteiger partial charge in [-0.15, -0.1) is 0 Å². The minimum absolute atomic E-state index is 0.112. The summed E-state index contributed by atoms with van der Waals surface area (Å²) in [5.41, 5.74) is 6.56. The Bertz CT molecular complexity index is 435. The lowest BCUT2D eigenvalue weighted by atomic mass is 10.1. The highest BCUT2D eigenvalue weighted by Crippen LogP contribution is 2.17. The Hall–Kier alpha value is -1.72. The lowest BCUT2D eigenvalue weighted by Crippen LogP contribution is -2.31. The average Bonchev–Trinajstić information content (AvgIpc) is 2.26. The van der Waals surface area contributed by atoms with Gasteiger partial charge in [0.1, 0.15) is 5.82 Å². The fraction of sp³-hybridized carbons (Fsp3) is 0.500. The van der Waals surface area contributed by atoms with Crippen molar-refractivity contribution < 1.29 is 13.6 Å². The van der Waals surface area contributed by atoms with Crippen LogP contribution >= 0.6 is 0 Å². The molecule has 1 amide bonds.